The maximum absolute atomic E-state index is 12.7. The Morgan fingerprint density at radius 1 is 1.19 bits per heavy atom. The average Bonchev–Trinajstić information content (AvgIpc) is 3.31. The van der Waals surface area contributed by atoms with Gasteiger partial charge in [0, 0.05) is 17.8 Å². The molecule has 1 saturated carbocycles. The number of pyridine rings is 1. The van der Waals surface area contributed by atoms with Crippen molar-refractivity contribution in [2.45, 2.75) is 52.3 Å². The second-order valence-electron chi connectivity index (χ2n) is 8.81. The van der Waals surface area contributed by atoms with Crippen LogP contribution in [0, 0.1) is 18.8 Å². The van der Waals surface area contributed by atoms with Crippen LogP contribution < -0.4 is 10.1 Å². The van der Waals surface area contributed by atoms with Gasteiger partial charge in [-0.1, -0.05) is 12.1 Å². The molecule has 0 spiro atoms. The minimum atomic E-state index is -2.93. The first kappa shape index (κ1) is 25.1. The number of rotatable bonds is 9. The molecule has 1 fully saturated rings. The lowest BCUT2D eigenvalue weighted by atomic mass is 9.82. The fourth-order valence-electron chi connectivity index (χ4n) is 4.28. The molecule has 3 aromatic rings. The van der Waals surface area contributed by atoms with E-state index in [4.69, 9.17) is 5.11 Å². The monoisotopic (exact) mass is 500 g/mol. The normalized spacial score (nSPS) is 17.7. The summed E-state index contributed by atoms with van der Waals surface area (Å²) < 4.78 is 29.2. The first-order valence-electron chi connectivity index (χ1n) is 11.6. The number of carboxylic acid groups (broad SMARTS) is 1. The van der Waals surface area contributed by atoms with Crippen molar-refractivity contribution < 1.29 is 28.2 Å². The number of amides is 1. The van der Waals surface area contributed by atoms with E-state index in [2.05, 4.69) is 30.4 Å². The number of carboxylic acids is 1. The standard InChI is InChI=1S/C24H26F2N6O4/c1-14-9-18(21-29-31-32(30-21)13-15-5-7-17(8-6-15)23(34)35)11-20(28-14)22(33)27-12-16-3-2-4-19(10-16)36-24(25)26/h2-4,9-11,15,17,24H,5-8,12-13H2,1H3,(H,27,33)(H,34,35)/t15-,17-. The number of nitrogens with zero attached hydrogens (tertiary/aromatic N) is 5. The molecule has 4 rings (SSSR count). The fraction of sp³-hybridized carbons (Fsp3) is 0.417. The van der Waals surface area contributed by atoms with Crippen LogP contribution in [0.25, 0.3) is 11.4 Å². The molecule has 1 aliphatic rings. The second kappa shape index (κ2) is 11.2. The summed E-state index contributed by atoms with van der Waals surface area (Å²) in [6, 6.07) is 9.41. The lowest BCUT2D eigenvalue weighted by Gasteiger charge is -2.25. The highest BCUT2D eigenvalue weighted by Gasteiger charge is 2.26. The van der Waals surface area contributed by atoms with E-state index in [0.717, 1.165) is 12.8 Å². The molecule has 1 aromatic carbocycles. The van der Waals surface area contributed by atoms with Crippen LogP contribution in [0.1, 0.15) is 47.4 Å². The molecule has 36 heavy (non-hydrogen) atoms. The Labute approximate surface area is 205 Å². The van der Waals surface area contributed by atoms with Gasteiger partial charge in [0.1, 0.15) is 11.4 Å². The maximum atomic E-state index is 12.7. The van der Waals surface area contributed by atoms with E-state index < -0.39 is 18.5 Å². The predicted octanol–water partition coefficient (Wildman–Crippen LogP) is 3.47. The summed E-state index contributed by atoms with van der Waals surface area (Å²) >= 11 is 0. The molecular formula is C24H26F2N6O4. The molecule has 12 heteroatoms. The van der Waals surface area contributed by atoms with Crippen LogP contribution in [0.4, 0.5) is 8.78 Å². The van der Waals surface area contributed by atoms with Gasteiger partial charge in [0.15, 0.2) is 0 Å². The summed E-state index contributed by atoms with van der Waals surface area (Å²) in [5.74, 6) is -0.811. The number of nitrogens with one attached hydrogen (secondary N) is 1. The molecule has 2 N–H and O–H groups in total. The van der Waals surface area contributed by atoms with Crippen molar-refractivity contribution in [3.8, 4) is 17.1 Å². The smallest absolute Gasteiger partial charge is 0.387 e. The average molecular weight is 501 g/mol. The molecule has 0 atom stereocenters. The highest BCUT2D eigenvalue weighted by molar-refractivity contribution is 5.93. The van der Waals surface area contributed by atoms with Crippen molar-refractivity contribution in [3.63, 3.8) is 0 Å². The van der Waals surface area contributed by atoms with Crippen molar-refractivity contribution in [1.29, 1.82) is 0 Å². The van der Waals surface area contributed by atoms with E-state index in [9.17, 15) is 18.4 Å². The lowest BCUT2D eigenvalue weighted by Crippen LogP contribution is -2.24. The minimum Gasteiger partial charge on any atom is -0.481 e. The Hall–Kier alpha value is -3.96. The van der Waals surface area contributed by atoms with Crippen LogP contribution in [-0.4, -0.2) is 48.8 Å². The largest absolute Gasteiger partial charge is 0.481 e. The number of aromatic nitrogens is 5. The van der Waals surface area contributed by atoms with E-state index in [-0.39, 0.29) is 29.8 Å². The van der Waals surface area contributed by atoms with Gasteiger partial charge < -0.3 is 15.2 Å². The number of hydrogen-bond donors (Lipinski definition) is 2. The van der Waals surface area contributed by atoms with E-state index in [0.29, 0.717) is 42.0 Å². The van der Waals surface area contributed by atoms with Gasteiger partial charge >= 0.3 is 12.6 Å². The molecule has 2 aromatic heterocycles. The van der Waals surface area contributed by atoms with Crippen molar-refractivity contribution in [2.75, 3.05) is 0 Å². The van der Waals surface area contributed by atoms with E-state index in [1.54, 1.807) is 31.2 Å². The third kappa shape index (κ3) is 6.58. The Balaban J connectivity index is 1.39. The molecule has 0 bridgehead atoms. The van der Waals surface area contributed by atoms with E-state index >= 15 is 0 Å². The number of carbonyl (C=O) groups is 2. The summed E-state index contributed by atoms with van der Waals surface area (Å²) in [5, 5.41) is 24.6. The molecule has 10 nitrogen and oxygen atoms in total. The van der Waals surface area contributed by atoms with Gasteiger partial charge in [-0.3, -0.25) is 9.59 Å². The van der Waals surface area contributed by atoms with Gasteiger partial charge in [0.2, 0.25) is 5.82 Å². The Kier molecular flexibility index (Phi) is 7.81. The van der Waals surface area contributed by atoms with Gasteiger partial charge in [-0.2, -0.15) is 13.6 Å². The Bertz CT molecular complexity index is 1230. The predicted molar refractivity (Wildman–Crippen MR) is 123 cm³/mol. The van der Waals surface area contributed by atoms with Crippen LogP contribution in [0.3, 0.4) is 0 Å². The Morgan fingerprint density at radius 3 is 2.69 bits per heavy atom. The van der Waals surface area contributed by atoms with Gasteiger partial charge in [-0.25, -0.2) is 4.98 Å². The van der Waals surface area contributed by atoms with Crippen LogP contribution in [0.15, 0.2) is 36.4 Å². The van der Waals surface area contributed by atoms with Gasteiger partial charge in [-0.15, -0.1) is 10.2 Å². The Morgan fingerprint density at radius 2 is 1.97 bits per heavy atom. The third-order valence-corrected chi connectivity index (χ3v) is 6.09. The maximum Gasteiger partial charge on any atom is 0.387 e. The van der Waals surface area contributed by atoms with Crippen LogP contribution in [-0.2, 0) is 17.9 Å². The molecule has 1 amide bonds. The highest BCUT2D eigenvalue weighted by atomic mass is 19.3. The first-order valence-corrected chi connectivity index (χ1v) is 11.6. The number of alkyl halides is 2. The number of aryl methyl sites for hydroxylation is 1. The molecule has 2 heterocycles. The number of hydrogen-bond acceptors (Lipinski definition) is 7. The van der Waals surface area contributed by atoms with Gasteiger partial charge in [0.05, 0.1) is 12.5 Å². The number of carbonyl (C=O) groups excluding carboxylic acids is 1. The van der Waals surface area contributed by atoms with Crippen molar-refractivity contribution in [3.05, 3.63) is 53.3 Å². The van der Waals surface area contributed by atoms with Crippen LogP contribution >= 0.6 is 0 Å². The van der Waals surface area contributed by atoms with Crippen LogP contribution in [0.5, 0.6) is 5.75 Å². The van der Waals surface area contributed by atoms with E-state index in [1.807, 2.05) is 0 Å². The zero-order valence-electron chi connectivity index (χ0n) is 19.6. The lowest BCUT2D eigenvalue weighted by molar-refractivity contribution is -0.143. The number of halogens is 2. The molecule has 0 radical (unpaired) electrons. The number of tetrazole rings is 1. The highest BCUT2D eigenvalue weighted by Crippen LogP contribution is 2.30. The summed E-state index contributed by atoms with van der Waals surface area (Å²) in [6.45, 7) is -0.534. The van der Waals surface area contributed by atoms with Crippen molar-refractivity contribution in [1.82, 2.24) is 30.5 Å². The number of ether oxygens (including phenoxy) is 1. The van der Waals surface area contributed by atoms with Gasteiger partial charge in [0.25, 0.3) is 5.91 Å². The molecule has 1 aliphatic carbocycles. The summed E-state index contributed by atoms with van der Waals surface area (Å²) in [6.07, 6.45) is 2.88. The van der Waals surface area contributed by atoms with Gasteiger partial charge in [-0.05, 0) is 73.6 Å². The quantitative estimate of drug-likeness (QED) is 0.457. The third-order valence-electron chi connectivity index (χ3n) is 6.09. The van der Waals surface area contributed by atoms with Crippen LogP contribution in [0.2, 0.25) is 0 Å². The fourth-order valence-corrected chi connectivity index (χ4v) is 4.28. The zero-order chi connectivity index (χ0) is 25.7. The second-order valence-corrected chi connectivity index (χ2v) is 8.81. The molecule has 0 aliphatic heterocycles. The molecular weight excluding hydrogens is 474 g/mol. The van der Waals surface area contributed by atoms with Crippen molar-refractivity contribution in [2.24, 2.45) is 11.8 Å². The summed E-state index contributed by atoms with van der Waals surface area (Å²) in [4.78, 5) is 29.7. The SMILES string of the molecule is Cc1cc(-c2nnn(C[C@H]3CC[C@H](C(=O)O)CC3)n2)cc(C(=O)NCc2cccc(OC(F)F)c2)n1. The topological polar surface area (TPSA) is 132 Å². The van der Waals surface area contributed by atoms with Crippen molar-refractivity contribution >= 4 is 11.9 Å². The first-order chi connectivity index (χ1) is 17.3. The number of benzene rings is 1. The number of aliphatic carboxylic acids is 1. The van der Waals surface area contributed by atoms with E-state index in [1.165, 1.54) is 16.9 Å². The molecule has 0 unspecified atom stereocenters. The molecule has 0 saturated heterocycles. The summed E-state index contributed by atoms with van der Waals surface area (Å²) in [5.41, 5.74) is 1.93. The minimum absolute atomic E-state index is 0.0109. The summed E-state index contributed by atoms with van der Waals surface area (Å²) in [7, 11) is 0. The zero-order valence-corrected chi connectivity index (χ0v) is 19.6. The molecule has 190 valence electrons.